The molecule has 1 aromatic heterocycles. The number of nitrogens with zero attached hydrogens (tertiary/aromatic N) is 1. The second kappa shape index (κ2) is 11.2. The lowest BCUT2D eigenvalue weighted by Gasteiger charge is -2.23. The lowest BCUT2D eigenvalue weighted by atomic mass is 10.0. The Bertz CT molecular complexity index is 952. The van der Waals surface area contributed by atoms with Gasteiger partial charge in [0.15, 0.2) is 0 Å². The van der Waals surface area contributed by atoms with Gasteiger partial charge in [0, 0.05) is 18.1 Å². The maximum Gasteiger partial charge on any atom is 0.289 e. The second-order valence-electron chi connectivity index (χ2n) is 7.73. The van der Waals surface area contributed by atoms with E-state index in [1.165, 1.54) is 0 Å². The minimum absolute atomic E-state index is 0.107. The summed E-state index contributed by atoms with van der Waals surface area (Å²) in [6.07, 6.45) is 2.18. The van der Waals surface area contributed by atoms with Crippen LogP contribution in [0.2, 0.25) is 0 Å². The predicted octanol–water partition coefficient (Wildman–Crippen LogP) is 1.98. The standard InChI is InChI=1S/C23H30N4O4/c1-5-17(20(28)23(31)24-6-2)26-21(29)18(13-14(3)4)27-22(30)19-16-10-8-7-9-15(16)11-12-25-19/h7-12,14,17-18H,5-6,13H2,1-4H3,(H,24,31)(H,26,29)(H,27,30)/t17?,18-/m0/s1. The van der Waals surface area contributed by atoms with Crippen molar-refractivity contribution in [3.63, 3.8) is 0 Å². The molecule has 31 heavy (non-hydrogen) atoms. The number of ketones is 1. The lowest BCUT2D eigenvalue weighted by Crippen LogP contribution is -2.54. The fourth-order valence-electron chi connectivity index (χ4n) is 3.26. The van der Waals surface area contributed by atoms with Crippen LogP contribution in [0.5, 0.6) is 0 Å². The van der Waals surface area contributed by atoms with E-state index in [1.54, 1.807) is 26.1 Å². The van der Waals surface area contributed by atoms with Crippen LogP contribution < -0.4 is 16.0 Å². The number of rotatable bonds is 10. The number of hydrogen-bond acceptors (Lipinski definition) is 5. The quantitative estimate of drug-likeness (QED) is 0.502. The van der Waals surface area contributed by atoms with Crippen LogP contribution in [0.4, 0.5) is 0 Å². The van der Waals surface area contributed by atoms with Gasteiger partial charge in [-0.05, 0) is 37.1 Å². The smallest absolute Gasteiger partial charge is 0.289 e. The van der Waals surface area contributed by atoms with Crippen molar-refractivity contribution < 1.29 is 19.2 Å². The molecule has 1 heterocycles. The van der Waals surface area contributed by atoms with Crippen molar-refractivity contribution in [1.82, 2.24) is 20.9 Å². The molecule has 3 amide bonds. The molecule has 8 nitrogen and oxygen atoms in total. The number of hydrogen-bond donors (Lipinski definition) is 3. The van der Waals surface area contributed by atoms with Crippen molar-refractivity contribution in [3.05, 3.63) is 42.2 Å². The highest BCUT2D eigenvalue weighted by atomic mass is 16.2. The van der Waals surface area contributed by atoms with Crippen LogP contribution in [-0.2, 0) is 14.4 Å². The van der Waals surface area contributed by atoms with Gasteiger partial charge in [0.25, 0.3) is 11.8 Å². The number of aromatic nitrogens is 1. The first-order valence-corrected chi connectivity index (χ1v) is 10.5. The summed E-state index contributed by atoms with van der Waals surface area (Å²) in [5, 5.41) is 9.37. The van der Waals surface area contributed by atoms with E-state index in [-0.39, 0.29) is 18.0 Å². The molecule has 1 unspecified atom stereocenters. The molecule has 2 aromatic rings. The van der Waals surface area contributed by atoms with Crippen molar-refractivity contribution in [2.75, 3.05) is 6.54 Å². The SMILES string of the molecule is CCNC(=O)C(=O)C(CC)NC(=O)[C@H](CC(C)C)NC(=O)c1nccc2ccccc12. The summed E-state index contributed by atoms with van der Waals surface area (Å²) in [4.78, 5) is 54.3. The van der Waals surface area contributed by atoms with E-state index in [0.717, 1.165) is 5.39 Å². The van der Waals surface area contributed by atoms with Crippen LogP contribution in [0.1, 0.15) is 51.0 Å². The maximum atomic E-state index is 13.0. The van der Waals surface area contributed by atoms with Gasteiger partial charge >= 0.3 is 0 Å². The van der Waals surface area contributed by atoms with Gasteiger partial charge in [-0.3, -0.25) is 24.2 Å². The number of carbonyl (C=O) groups excluding carboxylic acids is 4. The number of fused-ring (bicyclic) bond motifs is 1. The van der Waals surface area contributed by atoms with E-state index >= 15 is 0 Å². The first-order chi connectivity index (χ1) is 14.8. The largest absolute Gasteiger partial charge is 0.350 e. The van der Waals surface area contributed by atoms with Crippen LogP contribution in [-0.4, -0.2) is 47.1 Å². The predicted molar refractivity (Wildman–Crippen MR) is 118 cm³/mol. The Morgan fingerprint density at radius 3 is 2.32 bits per heavy atom. The van der Waals surface area contributed by atoms with Crippen molar-refractivity contribution in [3.8, 4) is 0 Å². The number of amides is 3. The van der Waals surface area contributed by atoms with Crippen LogP contribution in [0.25, 0.3) is 10.8 Å². The third kappa shape index (κ3) is 6.34. The van der Waals surface area contributed by atoms with Crippen LogP contribution >= 0.6 is 0 Å². The molecule has 0 aliphatic heterocycles. The van der Waals surface area contributed by atoms with E-state index in [0.29, 0.717) is 18.4 Å². The highest BCUT2D eigenvalue weighted by Gasteiger charge is 2.29. The fraction of sp³-hybridized carbons (Fsp3) is 0.435. The normalized spacial score (nSPS) is 12.8. The summed E-state index contributed by atoms with van der Waals surface area (Å²) in [6, 6.07) is 7.35. The molecule has 0 fully saturated rings. The molecular formula is C23H30N4O4. The Balaban J connectivity index is 2.20. The van der Waals surface area contributed by atoms with Crippen molar-refractivity contribution >= 4 is 34.3 Å². The third-order valence-electron chi connectivity index (χ3n) is 4.82. The van der Waals surface area contributed by atoms with E-state index in [2.05, 4.69) is 20.9 Å². The molecule has 0 aliphatic rings. The monoisotopic (exact) mass is 426 g/mol. The number of pyridine rings is 1. The Morgan fingerprint density at radius 1 is 0.968 bits per heavy atom. The Morgan fingerprint density at radius 2 is 1.68 bits per heavy atom. The molecule has 0 aliphatic carbocycles. The number of carbonyl (C=O) groups is 4. The van der Waals surface area contributed by atoms with Gasteiger partial charge in [-0.25, -0.2) is 0 Å². The number of benzene rings is 1. The van der Waals surface area contributed by atoms with Gasteiger partial charge in [-0.2, -0.15) is 0 Å². The van der Waals surface area contributed by atoms with Gasteiger partial charge in [0.1, 0.15) is 11.7 Å². The number of nitrogens with one attached hydrogen (secondary N) is 3. The molecule has 0 radical (unpaired) electrons. The molecule has 2 rings (SSSR count). The van der Waals surface area contributed by atoms with Gasteiger partial charge in [0.2, 0.25) is 11.7 Å². The number of likely N-dealkylation sites (N-methyl/N-ethyl adjacent to an activating group) is 1. The van der Waals surface area contributed by atoms with Gasteiger partial charge in [-0.1, -0.05) is 45.0 Å². The van der Waals surface area contributed by atoms with Gasteiger partial charge in [0.05, 0.1) is 6.04 Å². The minimum atomic E-state index is -0.957. The molecule has 8 heteroatoms. The molecular weight excluding hydrogens is 396 g/mol. The number of Topliss-reactive ketones (excluding diaryl/α,β-unsaturated/α-hetero) is 1. The van der Waals surface area contributed by atoms with Crippen LogP contribution in [0.15, 0.2) is 36.5 Å². The maximum absolute atomic E-state index is 13.0. The van der Waals surface area contributed by atoms with Gasteiger partial charge in [-0.15, -0.1) is 0 Å². The van der Waals surface area contributed by atoms with E-state index in [9.17, 15) is 19.2 Å². The second-order valence-corrected chi connectivity index (χ2v) is 7.73. The summed E-state index contributed by atoms with van der Waals surface area (Å²) in [6.45, 7) is 7.59. The molecule has 166 valence electrons. The van der Waals surface area contributed by atoms with E-state index < -0.39 is 35.6 Å². The molecule has 0 saturated carbocycles. The molecule has 2 atom stereocenters. The van der Waals surface area contributed by atoms with E-state index in [1.807, 2.05) is 38.1 Å². The summed E-state index contributed by atoms with van der Waals surface area (Å²) in [7, 11) is 0. The Labute approximate surface area is 182 Å². The van der Waals surface area contributed by atoms with Crippen LogP contribution in [0.3, 0.4) is 0 Å². The molecule has 1 aromatic carbocycles. The van der Waals surface area contributed by atoms with E-state index in [4.69, 9.17) is 0 Å². The zero-order valence-electron chi connectivity index (χ0n) is 18.4. The average molecular weight is 427 g/mol. The van der Waals surface area contributed by atoms with Crippen LogP contribution in [0, 0.1) is 5.92 Å². The third-order valence-corrected chi connectivity index (χ3v) is 4.82. The highest BCUT2D eigenvalue weighted by molar-refractivity contribution is 6.38. The van der Waals surface area contributed by atoms with Crippen molar-refractivity contribution in [1.29, 1.82) is 0 Å². The zero-order valence-corrected chi connectivity index (χ0v) is 18.4. The molecule has 0 bridgehead atoms. The average Bonchev–Trinajstić information content (AvgIpc) is 2.75. The summed E-state index contributed by atoms with van der Waals surface area (Å²) < 4.78 is 0. The molecule has 3 N–H and O–H groups in total. The molecule has 0 spiro atoms. The summed E-state index contributed by atoms with van der Waals surface area (Å²) in [5.41, 5.74) is 0.227. The minimum Gasteiger partial charge on any atom is -0.350 e. The lowest BCUT2D eigenvalue weighted by molar-refractivity contribution is -0.140. The highest BCUT2D eigenvalue weighted by Crippen LogP contribution is 2.17. The zero-order chi connectivity index (χ0) is 23.0. The van der Waals surface area contributed by atoms with Crippen molar-refractivity contribution in [2.45, 2.75) is 52.6 Å². The Kier molecular flexibility index (Phi) is 8.66. The molecule has 0 saturated heterocycles. The summed E-state index contributed by atoms with van der Waals surface area (Å²) >= 11 is 0. The summed E-state index contributed by atoms with van der Waals surface area (Å²) in [5.74, 6) is -2.31. The first-order valence-electron chi connectivity index (χ1n) is 10.5. The fourth-order valence-corrected chi connectivity index (χ4v) is 3.26. The van der Waals surface area contributed by atoms with Crippen molar-refractivity contribution in [2.24, 2.45) is 5.92 Å². The topological polar surface area (TPSA) is 117 Å². The van der Waals surface area contributed by atoms with Gasteiger partial charge < -0.3 is 16.0 Å². The first kappa shape index (κ1) is 24.0. The Hall–Kier alpha value is -3.29.